The largest absolute Gasteiger partial charge is 0.490 e. The number of carbonyl (C=O) groups excluding carboxylic acids is 1. The molecule has 0 aliphatic heterocycles. The van der Waals surface area contributed by atoms with E-state index in [-0.39, 0.29) is 12.2 Å². The summed E-state index contributed by atoms with van der Waals surface area (Å²) in [6.07, 6.45) is 4.80. The van der Waals surface area contributed by atoms with Gasteiger partial charge in [0, 0.05) is 18.0 Å². The quantitative estimate of drug-likeness (QED) is 0.121. The summed E-state index contributed by atoms with van der Waals surface area (Å²) in [4.78, 5) is 21.2. The number of carbonyl (C=O) groups is 1. The number of hydrogen-bond acceptors (Lipinski definition) is 5. The van der Waals surface area contributed by atoms with Gasteiger partial charge in [-0.15, -0.1) is 0 Å². The summed E-state index contributed by atoms with van der Waals surface area (Å²) in [6, 6.07) is 13.6. The molecule has 0 N–H and O–H groups in total. The number of rotatable bonds is 14. The van der Waals surface area contributed by atoms with E-state index in [1.807, 2.05) is 0 Å². The monoisotopic (exact) mass is 528 g/mol. The van der Waals surface area contributed by atoms with Gasteiger partial charge in [0.25, 0.3) is 0 Å². The molecule has 204 valence electrons. The number of alkyl halides is 3. The molecule has 0 saturated carbocycles. The van der Waals surface area contributed by atoms with Gasteiger partial charge in [0.2, 0.25) is 5.67 Å². The average molecular weight is 529 g/mol. The van der Waals surface area contributed by atoms with E-state index in [1.54, 1.807) is 60.9 Å². The van der Waals surface area contributed by atoms with E-state index in [0.717, 1.165) is 38.2 Å². The molecule has 0 aliphatic rings. The summed E-state index contributed by atoms with van der Waals surface area (Å²) in [5.74, 6) is 0.0893. The summed E-state index contributed by atoms with van der Waals surface area (Å²) < 4.78 is 52.3. The topological polar surface area (TPSA) is 61.3 Å². The Balaban J connectivity index is 1.62. The summed E-state index contributed by atoms with van der Waals surface area (Å²) >= 11 is 0. The summed E-state index contributed by atoms with van der Waals surface area (Å²) in [5.41, 5.74) is 0.00302. The van der Waals surface area contributed by atoms with Crippen molar-refractivity contribution in [3.05, 3.63) is 60.9 Å². The van der Waals surface area contributed by atoms with E-state index in [9.17, 15) is 18.0 Å². The Hall–Kier alpha value is -3.42. The van der Waals surface area contributed by atoms with Crippen LogP contribution in [0.25, 0.3) is 22.5 Å². The highest BCUT2D eigenvalue weighted by Gasteiger charge is 2.34. The van der Waals surface area contributed by atoms with Crippen LogP contribution in [0.3, 0.4) is 0 Å². The van der Waals surface area contributed by atoms with Gasteiger partial charge in [0.1, 0.15) is 24.3 Å². The number of ether oxygens (including phenoxy) is 2. The van der Waals surface area contributed by atoms with Crippen molar-refractivity contribution in [1.29, 1.82) is 0 Å². The number of hydrogen-bond donors (Lipinski definition) is 0. The van der Waals surface area contributed by atoms with Gasteiger partial charge in [-0.3, -0.25) is 0 Å². The highest BCUT2D eigenvalue weighted by atomic mass is 19.2. The van der Waals surface area contributed by atoms with Crippen LogP contribution in [0.1, 0.15) is 59.3 Å². The Morgan fingerprint density at radius 1 is 0.947 bits per heavy atom. The lowest BCUT2D eigenvalue weighted by molar-refractivity contribution is -0.147. The van der Waals surface area contributed by atoms with Gasteiger partial charge in [0.15, 0.2) is 12.0 Å². The van der Waals surface area contributed by atoms with Gasteiger partial charge >= 0.3 is 5.97 Å². The first-order valence-corrected chi connectivity index (χ1v) is 13.0. The van der Waals surface area contributed by atoms with Crippen molar-refractivity contribution >= 4 is 5.97 Å². The van der Waals surface area contributed by atoms with Gasteiger partial charge in [0.05, 0.1) is 5.56 Å². The van der Waals surface area contributed by atoms with Crippen LogP contribution in [0.2, 0.25) is 0 Å². The fourth-order valence-corrected chi connectivity index (χ4v) is 3.79. The first-order valence-electron chi connectivity index (χ1n) is 13.0. The maximum absolute atomic E-state index is 14.8. The van der Waals surface area contributed by atoms with Crippen LogP contribution in [0.15, 0.2) is 60.9 Å². The minimum atomic E-state index is -2.04. The lowest BCUT2D eigenvalue weighted by Crippen LogP contribution is -2.34. The second-order valence-electron chi connectivity index (χ2n) is 9.57. The van der Waals surface area contributed by atoms with E-state index in [2.05, 4.69) is 16.9 Å². The fourth-order valence-electron chi connectivity index (χ4n) is 3.79. The predicted molar refractivity (Wildman–Crippen MR) is 142 cm³/mol. The summed E-state index contributed by atoms with van der Waals surface area (Å²) in [6.45, 7) is 4.11. The molecule has 0 amide bonds. The van der Waals surface area contributed by atoms with Gasteiger partial charge in [-0.05, 0) is 56.5 Å². The van der Waals surface area contributed by atoms with Crippen LogP contribution in [0.4, 0.5) is 13.2 Å². The summed E-state index contributed by atoms with van der Waals surface area (Å²) in [5, 5.41) is 0. The zero-order chi connectivity index (χ0) is 27.5. The molecular weight excluding hydrogens is 493 g/mol. The van der Waals surface area contributed by atoms with Crippen LogP contribution in [-0.4, -0.2) is 40.6 Å². The van der Waals surface area contributed by atoms with Crippen molar-refractivity contribution in [1.82, 2.24) is 9.97 Å². The molecule has 0 fully saturated rings. The van der Waals surface area contributed by atoms with Gasteiger partial charge < -0.3 is 9.47 Å². The zero-order valence-corrected chi connectivity index (χ0v) is 22.1. The summed E-state index contributed by atoms with van der Waals surface area (Å²) in [7, 11) is 0. The lowest BCUT2D eigenvalue weighted by atomic mass is 9.99. The van der Waals surface area contributed by atoms with Crippen LogP contribution >= 0.6 is 0 Å². The molecule has 0 aliphatic carbocycles. The molecule has 1 heterocycles. The van der Waals surface area contributed by atoms with Gasteiger partial charge in [-0.2, -0.15) is 0 Å². The molecule has 8 heteroatoms. The van der Waals surface area contributed by atoms with Crippen molar-refractivity contribution in [2.24, 2.45) is 0 Å². The van der Waals surface area contributed by atoms with Crippen molar-refractivity contribution < 1.29 is 27.4 Å². The van der Waals surface area contributed by atoms with Crippen molar-refractivity contribution in [2.45, 2.75) is 77.3 Å². The van der Waals surface area contributed by atoms with E-state index in [1.165, 1.54) is 6.92 Å². The molecule has 0 bridgehead atoms. The van der Waals surface area contributed by atoms with E-state index in [0.29, 0.717) is 29.1 Å². The Kier molecular flexibility index (Phi) is 10.7. The number of aromatic nitrogens is 2. The third-order valence-corrected chi connectivity index (χ3v) is 6.25. The maximum Gasteiger partial charge on any atom is 0.348 e. The molecule has 1 aromatic heterocycles. The Morgan fingerprint density at radius 3 is 2.26 bits per heavy atom. The minimum absolute atomic E-state index is 0.134. The Labute approximate surface area is 222 Å². The second kappa shape index (κ2) is 13.9. The van der Waals surface area contributed by atoms with Crippen LogP contribution in [0, 0.1) is 0 Å². The van der Waals surface area contributed by atoms with Crippen LogP contribution < -0.4 is 9.47 Å². The number of benzene rings is 2. The van der Waals surface area contributed by atoms with E-state index >= 15 is 0 Å². The first kappa shape index (κ1) is 29.1. The number of halogens is 3. The number of unbranched alkanes of at least 4 members (excludes halogenated alkanes) is 4. The van der Waals surface area contributed by atoms with E-state index in [4.69, 9.17) is 9.47 Å². The Bertz CT molecular complexity index is 1150. The second-order valence-corrected chi connectivity index (χ2v) is 9.57. The molecule has 0 spiro atoms. The van der Waals surface area contributed by atoms with Crippen molar-refractivity contribution in [3.63, 3.8) is 0 Å². The molecule has 3 aromatic rings. The zero-order valence-electron chi connectivity index (χ0n) is 22.1. The standard InChI is InChI=1S/C30H35F3N2O3/c1-4-5-6-7-10-17-30(3,33)29(36)38-24-15-13-22(14-16-24)23-18-34-28(35-19-23)25-11-8-9-12-27(25)37-20-26(32)21(2)31/h8-9,11-16,18-19,21,26H,4-7,10,17,20H2,1-3H3. The highest BCUT2D eigenvalue weighted by molar-refractivity contribution is 5.81. The fraction of sp³-hybridized carbons (Fsp3) is 0.433. The van der Waals surface area contributed by atoms with Crippen LogP contribution in [-0.2, 0) is 4.79 Å². The average Bonchev–Trinajstić information content (AvgIpc) is 2.92. The highest BCUT2D eigenvalue weighted by Crippen LogP contribution is 2.29. The molecule has 3 unspecified atom stereocenters. The first-order chi connectivity index (χ1) is 18.2. The van der Waals surface area contributed by atoms with Gasteiger partial charge in [-0.1, -0.05) is 56.9 Å². The molecule has 0 saturated heterocycles. The van der Waals surface area contributed by atoms with E-state index < -0.39 is 30.6 Å². The van der Waals surface area contributed by atoms with Crippen molar-refractivity contribution in [3.8, 4) is 34.0 Å². The van der Waals surface area contributed by atoms with Crippen LogP contribution in [0.5, 0.6) is 11.5 Å². The van der Waals surface area contributed by atoms with Gasteiger partial charge in [-0.25, -0.2) is 27.9 Å². The predicted octanol–water partition coefficient (Wildman–Crippen LogP) is 7.88. The third kappa shape index (κ3) is 8.30. The molecule has 5 nitrogen and oxygen atoms in total. The number of nitrogens with zero attached hydrogens (tertiary/aromatic N) is 2. The number of esters is 1. The van der Waals surface area contributed by atoms with Crippen molar-refractivity contribution in [2.75, 3.05) is 6.61 Å². The smallest absolute Gasteiger partial charge is 0.348 e. The molecule has 0 radical (unpaired) electrons. The molecule has 38 heavy (non-hydrogen) atoms. The Morgan fingerprint density at radius 2 is 1.61 bits per heavy atom. The minimum Gasteiger partial charge on any atom is -0.490 e. The SMILES string of the molecule is CCCCCCCC(C)(F)C(=O)Oc1ccc(-c2cnc(-c3ccccc3OCC(F)C(C)F)nc2)cc1. The molecule has 2 aromatic carbocycles. The molecular formula is C30H35F3N2O3. The molecule has 3 rings (SSSR count). The molecule has 3 atom stereocenters. The third-order valence-electron chi connectivity index (χ3n) is 6.25. The maximum atomic E-state index is 14.8. The normalized spacial score (nSPS) is 14.4. The number of para-hydroxylation sites is 1. The lowest BCUT2D eigenvalue weighted by Gasteiger charge is -2.18.